The molecule has 0 spiro atoms. The van der Waals surface area contributed by atoms with E-state index in [-0.39, 0.29) is 38.1 Å². The molecule has 2 unspecified atom stereocenters. The third kappa shape index (κ3) is 5.69. The topological polar surface area (TPSA) is 123 Å². The highest BCUT2D eigenvalue weighted by molar-refractivity contribution is 7.19. The molecule has 2 aromatic heterocycles. The van der Waals surface area contributed by atoms with E-state index in [9.17, 15) is 18.4 Å². The van der Waals surface area contributed by atoms with Gasteiger partial charge in [-0.25, -0.2) is 13.8 Å². The van der Waals surface area contributed by atoms with Gasteiger partial charge in [0.15, 0.2) is 5.13 Å². The normalized spacial score (nSPS) is 18.2. The molecule has 4 rings (SSSR count). The smallest absolute Gasteiger partial charge is 0.305 e. The number of carbonyl (C=O) groups is 2. The molecule has 2 N–H and O–H groups in total. The summed E-state index contributed by atoms with van der Waals surface area (Å²) in [6, 6.07) is 6.73. The van der Waals surface area contributed by atoms with E-state index in [1.807, 2.05) is 0 Å². The van der Waals surface area contributed by atoms with Crippen molar-refractivity contribution in [1.29, 1.82) is 0 Å². The van der Waals surface area contributed by atoms with E-state index in [1.54, 1.807) is 24.3 Å². The average Bonchev–Trinajstić information content (AvgIpc) is 3.48. The molecule has 0 radical (unpaired) electrons. The van der Waals surface area contributed by atoms with Gasteiger partial charge in [0.25, 0.3) is 0 Å². The predicted molar refractivity (Wildman–Crippen MR) is 116 cm³/mol. The lowest BCUT2D eigenvalue weighted by molar-refractivity contribution is -0.137. The van der Waals surface area contributed by atoms with Gasteiger partial charge in [0.1, 0.15) is 4.34 Å². The van der Waals surface area contributed by atoms with Crippen molar-refractivity contribution in [2.45, 2.75) is 44.1 Å². The van der Waals surface area contributed by atoms with E-state index in [0.29, 0.717) is 20.6 Å². The fourth-order valence-electron chi connectivity index (χ4n) is 3.89. The van der Waals surface area contributed by atoms with Gasteiger partial charge in [-0.05, 0) is 23.1 Å². The molecule has 33 heavy (non-hydrogen) atoms. The van der Waals surface area contributed by atoms with Crippen molar-refractivity contribution in [2.75, 3.05) is 5.32 Å². The summed E-state index contributed by atoms with van der Waals surface area (Å²) in [6.45, 7) is 0.0827. The molecule has 174 valence electrons. The zero-order valence-corrected chi connectivity index (χ0v) is 18.7. The van der Waals surface area contributed by atoms with Gasteiger partial charge < -0.3 is 10.4 Å². The van der Waals surface area contributed by atoms with E-state index >= 15 is 0 Å². The third-order valence-electron chi connectivity index (χ3n) is 5.41. The SMILES string of the molecule is O=C(O)CCn1nnc(-c2ccc(C(C(=O)Nc3ncc(Cl)s3)C3CCC(F)(F)C3)cc2)n1. The number of aryl methyl sites for hydroxylation is 1. The largest absolute Gasteiger partial charge is 0.481 e. The summed E-state index contributed by atoms with van der Waals surface area (Å²) in [7, 11) is 0. The molecule has 9 nitrogen and oxygen atoms in total. The zero-order valence-electron chi connectivity index (χ0n) is 17.1. The number of aromatic nitrogens is 5. The van der Waals surface area contributed by atoms with Crippen LogP contribution in [0.5, 0.6) is 0 Å². The van der Waals surface area contributed by atoms with Crippen LogP contribution in [-0.4, -0.2) is 48.1 Å². The average molecular weight is 497 g/mol. The molecule has 0 bridgehead atoms. The molecule has 1 aliphatic rings. The summed E-state index contributed by atoms with van der Waals surface area (Å²) < 4.78 is 28.3. The summed E-state index contributed by atoms with van der Waals surface area (Å²) in [5, 5.41) is 23.7. The first-order valence-corrected chi connectivity index (χ1v) is 11.3. The number of thiazole rings is 1. The molecule has 1 aliphatic carbocycles. The number of halogens is 3. The van der Waals surface area contributed by atoms with Crippen molar-refractivity contribution < 1.29 is 23.5 Å². The second-order valence-corrected chi connectivity index (χ2v) is 9.43. The second-order valence-electron chi connectivity index (χ2n) is 7.77. The summed E-state index contributed by atoms with van der Waals surface area (Å²) in [6.07, 6.45) is 0.871. The lowest BCUT2D eigenvalue weighted by atomic mass is 9.83. The molecule has 2 heterocycles. The van der Waals surface area contributed by atoms with E-state index < -0.39 is 29.6 Å². The molecule has 1 amide bonds. The number of nitrogens with zero attached hydrogens (tertiary/aromatic N) is 5. The number of anilines is 1. The van der Waals surface area contributed by atoms with Crippen molar-refractivity contribution in [3.63, 3.8) is 0 Å². The van der Waals surface area contributed by atoms with Crippen LogP contribution in [0.3, 0.4) is 0 Å². The quantitative estimate of drug-likeness (QED) is 0.481. The number of hydrogen-bond acceptors (Lipinski definition) is 7. The number of carbonyl (C=O) groups excluding carboxylic acids is 1. The lowest BCUT2D eigenvalue weighted by Gasteiger charge is -2.23. The van der Waals surface area contributed by atoms with Crippen molar-refractivity contribution in [1.82, 2.24) is 25.2 Å². The predicted octanol–water partition coefficient (Wildman–Crippen LogP) is 4.08. The molecule has 1 saturated carbocycles. The Morgan fingerprint density at radius 3 is 2.70 bits per heavy atom. The van der Waals surface area contributed by atoms with Gasteiger partial charge in [-0.2, -0.15) is 4.80 Å². The van der Waals surface area contributed by atoms with Crippen molar-refractivity contribution in [3.05, 3.63) is 40.4 Å². The molecule has 2 atom stereocenters. The Morgan fingerprint density at radius 2 is 2.09 bits per heavy atom. The Bertz CT molecular complexity index is 1150. The maximum atomic E-state index is 13.9. The standard InChI is InChI=1S/C20H19ClF2N6O3S/c21-14-10-24-19(33-14)25-18(32)16(13-5-7-20(22,23)9-13)11-1-3-12(4-2-11)17-26-28-29(27-17)8-6-15(30)31/h1-4,10,13,16H,5-9H2,(H,30,31)(H,24,25,32). The summed E-state index contributed by atoms with van der Waals surface area (Å²) in [4.78, 5) is 29.0. The highest BCUT2D eigenvalue weighted by atomic mass is 35.5. The molecule has 13 heteroatoms. The van der Waals surface area contributed by atoms with Crippen LogP contribution < -0.4 is 5.32 Å². The van der Waals surface area contributed by atoms with Crippen LogP contribution in [-0.2, 0) is 16.1 Å². The number of benzene rings is 1. The Morgan fingerprint density at radius 1 is 1.33 bits per heavy atom. The zero-order chi connectivity index (χ0) is 23.6. The first-order valence-electron chi connectivity index (χ1n) is 10.1. The Labute approximate surface area is 195 Å². The second kappa shape index (κ2) is 9.48. The van der Waals surface area contributed by atoms with Gasteiger partial charge >= 0.3 is 5.97 Å². The first-order chi connectivity index (χ1) is 15.7. The van der Waals surface area contributed by atoms with E-state index in [2.05, 4.69) is 25.7 Å². The van der Waals surface area contributed by atoms with E-state index in [1.165, 1.54) is 11.0 Å². The molecule has 3 aromatic rings. The summed E-state index contributed by atoms with van der Waals surface area (Å²) in [5.41, 5.74) is 1.18. The molecular formula is C20H19ClF2N6O3S. The fourth-order valence-corrected chi connectivity index (χ4v) is 4.71. The van der Waals surface area contributed by atoms with Crippen LogP contribution >= 0.6 is 22.9 Å². The van der Waals surface area contributed by atoms with E-state index in [0.717, 1.165) is 11.3 Å². The number of alkyl halides is 2. The Hall–Kier alpha value is -2.99. The number of amides is 1. The number of nitrogens with one attached hydrogen (secondary N) is 1. The van der Waals surface area contributed by atoms with E-state index in [4.69, 9.17) is 16.7 Å². The van der Waals surface area contributed by atoms with Crippen molar-refractivity contribution >= 4 is 39.9 Å². The number of hydrogen-bond donors (Lipinski definition) is 2. The lowest BCUT2D eigenvalue weighted by Crippen LogP contribution is -2.27. The van der Waals surface area contributed by atoms with Gasteiger partial charge in [0.2, 0.25) is 17.7 Å². The van der Waals surface area contributed by atoms with Crippen LogP contribution in [0.25, 0.3) is 11.4 Å². The maximum absolute atomic E-state index is 13.9. The van der Waals surface area contributed by atoms with Crippen molar-refractivity contribution in [2.24, 2.45) is 5.92 Å². The van der Waals surface area contributed by atoms with Crippen LogP contribution in [0, 0.1) is 5.92 Å². The highest BCUT2D eigenvalue weighted by Crippen LogP contribution is 2.46. The number of tetrazole rings is 1. The van der Waals surface area contributed by atoms with Gasteiger partial charge in [0.05, 0.1) is 25.1 Å². The molecule has 1 aromatic carbocycles. The van der Waals surface area contributed by atoms with Crippen LogP contribution in [0.4, 0.5) is 13.9 Å². The number of carboxylic acid groups (broad SMARTS) is 1. The minimum Gasteiger partial charge on any atom is -0.481 e. The van der Waals surface area contributed by atoms with Gasteiger partial charge in [-0.1, -0.05) is 47.2 Å². The van der Waals surface area contributed by atoms with Crippen molar-refractivity contribution in [3.8, 4) is 11.4 Å². The first kappa shape index (κ1) is 23.2. The Balaban J connectivity index is 1.55. The maximum Gasteiger partial charge on any atom is 0.305 e. The minimum absolute atomic E-state index is 0.0827. The molecule has 0 saturated heterocycles. The van der Waals surface area contributed by atoms with Crippen LogP contribution in [0.15, 0.2) is 30.5 Å². The minimum atomic E-state index is -2.80. The summed E-state index contributed by atoms with van der Waals surface area (Å²) >= 11 is 6.97. The molecular weight excluding hydrogens is 478 g/mol. The Kier molecular flexibility index (Phi) is 6.66. The van der Waals surface area contributed by atoms with Gasteiger partial charge in [-0.3, -0.25) is 9.59 Å². The fraction of sp³-hybridized carbons (Fsp3) is 0.400. The van der Waals surface area contributed by atoms with Crippen LogP contribution in [0.2, 0.25) is 4.34 Å². The number of rotatable bonds is 8. The molecule has 1 fully saturated rings. The third-order valence-corrected chi connectivity index (χ3v) is 6.44. The monoisotopic (exact) mass is 496 g/mol. The van der Waals surface area contributed by atoms with Gasteiger partial charge in [0, 0.05) is 18.4 Å². The van der Waals surface area contributed by atoms with Crippen LogP contribution in [0.1, 0.15) is 37.2 Å². The van der Waals surface area contributed by atoms with Gasteiger partial charge in [-0.15, -0.1) is 10.2 Å². The molecule has 0 aliphatic heterocycles. The highest BCUT2D eigenvalue weighted by Gasteiger charge is 2.45. The number of aliphatic carboxylic acids is 1. The number of carboxylic acids is 1. The summed E-state index contributed by atoms with van der Waals surface area (Å²) in [5.74, 6) is -5.23.